The number of nitro groups is 1. The molecule has 0 unspecified atom stereocenters. The van der Waals surface area contributed by atoms with Crippen LogP contribution in [0.3, 0.4) is 0 Å². The first-order valence-corrected chi connectivity index (χ1v) is 8.62. The summed E-state index contributed by atoms with van der Waals surface area (Å²) in [6.07, 6.45) is 3.09. The number of aromatic carboxylic acids is 1. The molecule has 26 heavy (non-hydrogen) atoms. The number of carbonyl (C=O) groups excluding carboxylic acids is 1. The van der Waals surface area contributed by atoms with Gasteiger partial charge < -0.3 is 24.7 Å². The number of hydrogen-bond acceptors (Lipinski definition) is 6. The summed E-state index contributed by atoms with van der Waals surface area (Å²) in [4.78, 5) is 36.9. The summed E-state index contributed by atoms with van der Waals surface area (Å²) in [5.41, 5.74) is -0.352. The summed E-state index contributed by atoms with van der Waals surface area (Å²) in [6.45, 7) is 3.04. The lowest BCUT2D eigenvalue weighted by Crippen LogP contribution is -2.89. The first-order valence-electron chi connectivity index (χ1n) is 8.62. The molecule has 0 amide bonds. The van der Waals surface area contributed by atoms with Gasteiger partial charge in [0.15, 0.2) is 5.43 Å². The first-order chi connectivity index (χ1) is 12.5. The Morgan fingerprint density at radius 2 is 1.92 bits per heavy atom. The molecule has 1 saturated carbocycles. The van der Waals surface area contributed by atoms with Crippen LogP contribution in [0.1, 0.15) is 29.2 Å². The number of nitrogens with zero attached hydrogens (tertiary/aromatic N) is 3. The van der Waals surface area contributed by atoms with Gasteiger partial charge >= 0.3 is 0 Å². The average Bonchev–Trinajstić information content (AvgIpc) is 3.46. The van der Waals surface area contributed by atoms with Crippen LogP contribution in [-0.2, 0) is 0 Å². The van der Waals surface area contributed by atoms with Gasteiger partial charge in [-0.15, -0.1) is 0 Å². The number of carbonyl (C=O) groups is 1. The van der Waals surface area contributed by atoms with Gasteiger partial charge in [0.1, 0.15) is 5.69 Å². The van der Waals surface area contributed by atoms with E-state index in [-0.39, 0.29) is 17.1 Å². The van der Waals surface area contributed by atoms with E-state index in [1.165, 1.54) is 12.3 Å². The Balaban J connectivity index is 2.01. The van der Waals surface area contributed by atoms with E-state index in [1.807, 2.05) is 4.90 Å². The molecule has 1 aromatic carbocycles. The highest BCUT2D eigenvalue weighted by molar-refractivity contribution is 5.94. The van der Waals surface area contributed by atoms with E-state index in [9.17, 15) is 24.8 Å². The summed E-state index contributed by atoms with van der Waals surface area (Å²) in [5.74, 6) is -1.57. The number of carboxylic acid groups (broad SMARTS) is 1. The summed E-state index contributed by atoms with van der Waals surface area (Å²) in [7, 11) is 0. The number of hydrogen-bond donors (Lipinski definition) is 1. The number of piperazine rings is 1. The van der Waals surface area contributed by atoms with Crippen LogP contribution in [0.2, 0.25) is 0 Å². The Morgan fingerprint density at radius 3 is 2.50 bits per heavy atom. The molecule has 2 N–H and O–H groups in total. The third-order valence-corrected chi connectivity index (χ3v) is 5.03. The minimum absolute atomic E-state index is 0.0534. The summed E-state index contributed by atoms with van der Waals surface area (Å²) in [6, 6.07) is 2.99. The molecule has 2 aromatic rings. The topological polar surface area (TPSA) is 125 Å². The molecule has 4 rings (SSSR count). The van der Waals surface area contributed by atoms with E-state index in [0.717, 1.165) is 25.9 Å². The molecule has 9 nitrogen and oxygen atoms in total. The van der Waals surface area contributed by atoms with Gasteiger partial charge in [-0.1, -0.05) is 0 Å². The molecule has 1 saturated heterocycles. The number of benzene rings is 1. The molecule has 2 aliphatic rings. The Kier molecular flexibility index (Phi) is 3.87. The van der Waals surface area contributed by atoms with Gasteiger partial charge in [0.2, 0.25) is 0 Å². The predicted octanol–water partition coefficient (Wildman–Crippen LogP) is -1.01. The van der Waals surface area contributed by atoms with Crippen molar-refractivity contribution in [2.75, 3.05) is 31.1 Å². The van der Waals surface area contributed by atoms with Crippen molar-refractivity contribution in [1.29, 1.82) is 0 Å². The molecule has 0 atom stereocenters. The number of nitrogens with two attached hydrogens (primary N) is 1. The number of carboxylic acids is 1. The molecule has 2 heterocycles. The molecular weight excluding hydrogens is 340 g/mol. The minimum atomic E-state index is -1.57. The number of fused-ring (bicyclic) bond motifs is 1. The van der Waals surface area contributed by atoms with Crippen LogP contribution in [0, 0.1) is 10.1 Å². The fourth-order valence-corrected chi connectivity index (χ4v) is 3.56. The van der Waals surface area contributed by atoms with Crippen LogP contribution < -0.4 is 20.8 Å². The van der Waals surface area contributed by atoms with Crippen LogP contribution >= 0.6 is 0 Å². The van der Waals surface area contributed by atoms with Crippen LogP contribution in [-0.4, -0.2) is 41.6 Å². The van der Waals surface area contributed by atoms with Gasteiger partial charge in [0.05, 0.1) is 53.5 Å². The molecule has 136 valence electrons. The molecule has 9 heteroatoms. The predicted molar refractivity (Wildman–Crippen MR) is 91.3 cm³/mol. The third-order valence-electron chi connectivity index (χ3n) is 5.03. The smallest absolute Gasteiger partial charge is 0.293 e. The maximum atomic E-state index is 12.6. The lowest BCUT2D eigenvalue weighted by atomic mass is 10.1. The van der Waals surface area contributed by atoms with Gasteiger partial charge in [0, 0.05) is 18.3 Å². The Morgan fingerprint density at radius 1 is 1.23 bits per heavy atom. The molecule has 1 aliphatic carbocycles. The first kappa shape index (κ1) is 16.5. The lowest BCUT2D eigenvalue weighted by molar-refractivity contribution is -0.655. The van der Waals surface area contributed by atoms with Crippen LogP contribution in [0.4, 0.5) is 11.4 Å². The Bertz CT molecular complexity index is 973. The Hall–Kier alpha value is -2.94. The van der Waals surface area contributed by atoms with Crippen LogP contribution in [0.15, 0.2) is 23.1 Å². The van der Waals surface area contributed by atoms with Gasteiger partial charge in [-0.2, -0.15) is 0 Å². The molecule has 2 fully saturated rings. The maximum absolute atomic E-state index is 12.6. The number of anilines is 1. The zero-order valence-electron chi connectivity index (χ0n) is 14.0. The summed E-state index contributed by atoms with van der Waals surface area (Å²) in [5, 5.41) is 25.1. The van der Waals surface area contributed by atoms with Gasteiger partial charge in [-0.05, 0) is 18.9 Å². The van der Waals surface area contributed by atoms with Crippen molar-refractivity contribution >= 4 is 28.2 Å². The van der Waals surface area contributed by atoms with Gasteiger partial charge in [-0.25, -0.2) is 0 Å². The van der Waals surface area contributed by atoms with Crippen molar-refractivity contribution in [3.8, 4) is 0 Å². The van der Waals surface area contributed by atoms with Crippen LogP contribution in [0.25, 0.3) is 10.9 Å². The fourth-order valence-electron chi connectivity index (χ4n) is 3.56. The second-order valence-corrected chi connectivity index (χ2v) is 6.77. The molecule has 1 aromatic heterocycles. The highest BCUT2D eigenvalue weighted by atomic mass is 16.6. The highest BCUT2D eigenvalue weighted by Crippen LogP contribution is 2.39. The molecule has 0 bridgehead atoms. The highest BCUT2D eigenvalue weighted by Gasteiger charge is 2.29. The number of nitro benzene ring substituents is 1. The maximum Gasteiger partial charge on any atom is 0.293 e. The molecule has 1 aliphatic heterocycles. The van der Waals surface area contributed by atoms with Crippen molar-refractivity contribution in [2.24, 2.45) is 0 Å². The van der Waals surface area contributed by atoms with Crippen molar-refractivity contribution in [3.05, 3.63) is 44.2 Å². The monoisotopic (exact) mass is 358 g/mol. The number of aromatic nitrogens is 1. The van der Waals surface area contributed by atoms with E-state index in [4.69, 9.17) is 0 Å². The SMILES string of the molecule is O=C([O-])c1cn(C2CC2)c2cc(N3CC[NH2+]CC3)c([N+](=O)[O-])cc2c1=O. The lowest BCUT2D eigenvalue weighted by Gasteiger charge is -2.27. The second-order valence-electron chi connectivity index (χ2n) is 6.77. The minimum Gasteiger partial charge on any atom is -0.545 e. The molecule has 0 spiro atoms. The zero-order chi connectivity index (χ0) is 18.4. The van der Waals surface area contributed by atoms with Crippen molar-refractivity contribution in [1.82, 2.24) is 4.57 Å². The largest absolute Gasteiger partial charge is 0.545 e. The molecule has 0 radical (unpaired) electrons. The van der Waals surface area contributed by atoms with E-state index in [0.29, 0.717) is 24.3 Å². The normalized spacial score (nSPS) is 17.5. The van der Waals surface area contributed by atoms with E-state index >= 15 is 0 Å². The van der Waals surface area contributed by atoms with E-state index in [1.54, 1.807) is 10.6 Å². The second kappa shape index (κ2) is 6.10. The van der Waals surface area contributed by atoms with E-state index in [2.05, 4.69) is 5.32 Å². The van der Waals surface area contributed by atoms with Gasteiger partial charge in [-0.3, -0.25) is 14.9 Å². The third kappa shape index (κ3) is 2.70. The quantitative estimate of drug-likeness (QED) is 0.551. The average molecular weight is 358 g/mol. The standard InChI is InChI=1S/C17H18N4O5/c22-16-11-7-15(21(25)26)14(19-5-3-18-4-6-19)8-13(11)20(10-1-2-10)9-12(16)17(23)24/h7-10,18H,1-6H2,(H,23,24). The number of pyridine rings is 1. The Labute approximate surface area is 148 Å². The fraction of sp³-hybridized carbons (Fsp3) is 0.412. The number of quaternary nitrogens is 1. The zero-order valence-corrected chi connectivity index (χ0v) is 14.0. The molecular formula is C17H18N4O5. The van der Waals surface area contributed by atoms with E-state index < -0.39 is 21.9 Å². The van der Waals surface area contributed by atoms with Gasteiger partial charge in [0.25, 0.3) is 5.69 Å². The summed E-state index contributed by atoms with van der Waals surface area (Å²) < 4.78 is 1.76. The van der Waals surface area contributed by atoms with Crippen molar-refractivity contribution in [2.45, 2.75) is 18.9 Å². The van der Waals surface area contributed by atoms with Crippen LogP contribution in [0.5, 0.6) is 0 Å². The summed E-state index contributed by atoms with van der Waals surface area (Å²) >= 11 is 0. The number of rotatable bonds is 4. The van der Waals surface area contributed by atoms with Crippen molar-refractivity contribution in [3.63, 3.8) is 0 Å². The van der Waals surface area contributed by atoms with Crippen molar-refractivity contribution < 1.29 is 20.1 Å².